The summed E-state index contributed by atoms with van der Waals surface area (Å²) in [5.41, 5.74) is 2.93. The first-order valence-electron chi connectivity index (χ1n) is 7.65. The van der Waals surface area contributed by atoms with Gasteiger partial charge in [0.2, 0.25) is 0 Å². The van der Waals surface area contributed by atoms with E-state index in [-0.39, 0.29) is 11.9 Å². The number of rotatable bonds is 6. The van der Waals surface area contributed by atoms with Gasteiger partial charge < -0.3 is 10.1 Å². The van der Waals surface area contributed by atoms with E-state index in [1.165, 1.54) is 0 Å². The molecule has 3 nitrogen and oxygen atoms in total. The van der Waals surface area contributed by atoms with Gasteiger partial charge in [0.25, 0.3) is 5.91 Å². The average Bonchev–Trinajstić information content (AvgIpc) is 2.51. The maximum Gasteiger partial charge on any atom is 0.251 e. The van der Waals surface area contributed by atoms with E-state index in [0.717, 1.165) is 23.3 Å². The lowest BCUT2D eigenvalue weighted by molar-refractivity contribution is 0.0920. The van der Waals surface area contributed by atoms with Gasteiger partial charge in [-0.15, -0.1) is 0 Å². The first-order chi connectivity index (χ1) is 10.6. The Hall–Kier alpha value is -2.29. The summed E-state index contributed by atoms with van der Waals surface area (Å²) < 4.78 is 5.79. The lowest BCUT2D eigenvalue weighted by Gasteiger charge is -2.18. The van der Waals surface area contributed by atoms with Gasteiger partial charge in [0, 0.05) is 5.56 Å². The fraction of sp³-hybridized carbons (Fsp3) is 0.316. The number of nitrogens with one attached hydrogen (secondary N) is 1. The van der Waals surface area contributed by atoms with Crippen LogP contribution < -0.4 is 10.1 Å². The number of amides is 1. The molecule has 22 heavy (non-hydrogen) atoms. The van der Waals surface area contributed by atoms with Crippen LogP contribution in [0.3, 0.4) is 0 Å². The van der Waals surface area contributed by atoms with Crippen molar-refractivity contribution < 1.29 is 9.53 Å². The highest BCUT2D eigenvalue weighted by atomic mass is 16.5. The predicted octanol–water partition coefficient (Wildman–Crippen LogP) is 3.89. The Morgan fingerprint density at radius 3 is 2.41 bits per heavy atom. The van der Waals surface area contributed by atoms with E-state index in [1.807, 2.05) is 69.3 Å². The van der Waals surface area contributed by atoms with Gasteiger partial charge in [-0.1, -0.05) is 36.8 Å². The minimum Gasteiger partial charge on any atom is -0.491 e. The summed E-state index contributed by atoms with van der Waals surface area (Å²) in [6.45, 7) is 6.52. The van der Waals surface area contributed by atoms with E-state index in [4.69, 9.17) is 4.74 Å². The summed E-state index contributed by atoms with van der Waals surface area (Å²) in [5, 5.41) is 3.03. The van der Waals surface area contributed by atoms with Gasteiger partial charge in [-0.05, 0) is 50.1 Å². The van der Waals surface area contributed by atoms with Gasteiger partial charge in [-0.3, -0.25) is 4.79 Å². The molecule has 2 aromatic rings. The second-order valence-electron chi connectivity index (χ2n) is 5.58. The third kappa shape index (κ3) is 4.62. The quantitative estimate of drug-likeness (QED) is 0.878. The summed E-state index contributed by atoms with van der Waals surface area (Å²) in [6, 6.07) is 15.5. The Balaban J connectivity index is 1.93. The van der Waals surface area contributed by atoms with Gasteiger partial charge >= 0.3 is 0 Å². The van der Waals surface area contributed by atoms with Crippen LogP contribution in [0.5, 0.6) is 5.75 Å². The van der Waals surface area contributed by atoms with Gasteiger partial charge in [-0.2, -0.15) is 0 Å². The highest BCUT2D eigenvalue weighted by Gasteiger charge is 2.13. The highest BCUT2D eigenvalue weighted by molar-refractivity contribution is 5.94. The third-order valence-corrected chi connectivity index (χ3v) is 3.55. The van der Waals surface area contributed by atoms with E-state index in [1.54, 1.807) is 0 Å². The van der Waals surface area contributed by atoms with Gasteiger partial charge in [0.1, 0.15) is 12.4 Å². The Labute approximate surface area is 132 Å². The van der Waals surface area contributed by atoms with Crippen molar-refractivity contribution in [2.75, 3.05) is 6.61 Å². The van der Waals surface area contributed by atoms with E-state index in [9.17, 15) is 4.79 Å². The number of ether oxygens (including phenoxy) is 1. The molecule has 0 heterocycles. The van der Waals surface area contributed by atoms with Crippen molar-refractivity contribution in [1.29, 1.82) is 0 Å². The molecule has 0 bridgehead atoms. The van der Waals surface area contributed by atoms with Crippen LogP contribution in [-0.4, -0.2) is 18.6 Å². The van der Waals surface area contributed by atoms with Crippen LogP contribution in [0.2, 0.25) is 0 Å². The molecule has 1 unspecified atom stereocenters. The standard InChI is InChI=1S/C19H23NO2/c1-4-17(13-22-18-10-6-8-15(3)12-18)20-19(21)16-9-5-7-14(2)11-16/h5-12,17H,4,13H2,1-3H3,(H,20,21). The molecule has 1 N–H and O–H groups in total. The SMILES string of the molecule is CCC(COc1cccc(C)c1)NC(=O)c1cccc(C)c1. The molecule has 0 aliphatic carbocycles. The minimum atomic E-state index is -0.0524. The number of carbonyl (C=O) groups is 1. The summed E-state index contributed by atoms with van der Waals surface area (Å²) in [4.78, 5) is 12.3. The highest BCUT2D eigenvalue weighted by Crippen LogP contribution is 2.13. The van der Waals surface area contributed by atoms with Gasteiger partial charge in [0.15, 0.2) is 0 Å². The molecule has 1 atom stereocenters. The van der Waals surface area contributed by atoms with Crippen LogP contribution >= 0.6 is 0 Å². The zero-order chi connectivity index (χ0) is 15.9. The Kier molecular flexibility index (Phi) is 5.59. The molecule has 3 heteroatoms. The molecular weight excluding hydrogens is 274 g/mol. The van der Waals surface area contributed by atoms with E-state index >= 15 is 0 Å². The topological polar surface area (TPSA) is 38.3 Å². The lowest BCUT2D eigenvalue weighted by atomic mass is 10.1. The smallest absolute Gasteiger partial charge is 0.251 e. The molecule has 0 spiro atoms. The molecule has 0 radical (unpaired) electrons. The molecule has 116 valence electrons. The number of aryl methyl sites for hydroxylation is 2. The molecule has 1 amide bonds. The lowest BCUT2D eigenvalue weighted by Crippen LogP contribution is -2.38. The Morgan fingerprint density at radius 1 is 1.09 bits per heavy atom. The van der Waals surface area contributed by atoms with Crippen molar-refractivity contribution in [2.45, 2.75) is 33.2 Å². The van der Waals surface area contributed by atoms with Crippen LogP contribution in [0.25, 0.3) is 0 Å². The number of carbonyl (C=O) groups excluding carboxylic acids is 1. The zero-order valence-corrected chi connectivity index (χ0v) is 13.4. The second kappa shape index (κ2) is 7.64. The second-order valence-corrected chi connectivity index (χ2v) is 5.58. The molecule has 0 aliphatic rings. The van der Waals surface area contributed by atoms with E-state index in [2.05, 4.69) is 5.32 Å². The monoisotopic (exact) mass is 297 g/mol. The maximum atomic E-state index is 12.3. The molecule has 2 aromatic carbocycles. The average molecular weight is 297 g/mol. The van der Waals surface area contributed by atoms with Gasteiger partial charge in [0.05, 0.1) is 6.04 Å². The fourth-order valence-corrected chi connectivity index (χ4v) is 2.22. The molecule has 0 saturated heterocycles. The number of hydrogen-bond acceptors (Lipinski definition) is 2. The maximum absolute atomic E-state index is 12.3. The molecule has 0 fully saturated rings. The summed E-state index contributed by atoms with van der Waals surface area (Å²) >= 11 is 0. The molecule has 0 saturated carbocycles. The van der Waals surface area contributed by atoms with E-state index < -0.39 is 0 Å². The first-order valence-corrected chi connectivity index (χ1v) is 7.65. The zero-order valence-electron chi connectivity index (χ0n) is 13.4. The Bertz CT molecular complexity index is 637. The van der Waals surface area contributed by atoms with Crippen molar-refractivity contribution in [1.82, 2.24) is 5.32 Å². The number of hydrogen-bond donors (Lipinski definition) is 1. The van der Waals surface area contributed by atoms with Crippen molar-refractivity contribution in [2.24, 2.45) is 0 Å². The van der Waals surface area contributed by atoms with Crippen molar-refractivity contribution >= 4 is 5.91 Å². The van der Waals surface area contributed by atoms with E-state index in [0.29, 0.717) is 12.2 Å². The third-order valence-electron chi connectivity index (χ3n) is 3.55. The van der Waals surface area contributed by atoms with Crippen LogP contribution in [0, 0.1) is 13.8 Å². The first kappa shape index (κ1) is 16.1. The predicted molar refractivity (Wildman–Crippen MR) is 89.4 cm³/mol. The van der Waals surface area contributed by atoms with Crippen molar-refractivity contribution in [3.05, 3.63) is 65.2 Å². The van der Waals surface area contributed by atoms with Crippen LogP contribution in [0.4, 0.5) is 0 Å². The van der Waals surface area contributed by atoms with Crippen molar-refractivity contribution in [3.8, 4) is 5.75 Å². The molecular formula is C19H23NO2. The van der Waals surface area contributed by atoms with Gasteiger partial charge in [-0.25, -0.2) is 0 Å². The van der Waals surface area contributed by atoms with Crippen molar-refractivity contribution in [3.63, 3.8) is 0 Å². The molecule has 0 aliphatic heterocycles. The normalized spacial score (nSPS) is 11.8. The largest absolute Gasteiger partial charge is 0.491 e. The van der Waals surface area contributed by atoms with Crippen LogP contribution in [0.1, 0.15) is 34.8 Å². The number of benzene rings is 2. The summed E-state index contributed by atoms with van der Waals surface area (Å²) in [6.07, 6.45) is 0.823. The molecule has 2 rings (SSSR count). The van der Waals surface area contributed by atoms with Crippen LogP contribution in [-0.2, 0) is 0 Å². The summed E-state index contributed by atoms with van der Waals surface area (Å²) in [7, 11) is 0. The van der Waals surface area contributed by atoms with Crippen LogP contribution in [0.15, 0.2) is 48.5 Å². The minimum absolute atomic E-state index is 0.00600. The summed E-state index contributed by atoms with van der Waals surface area (Å²) in [5.74, 6) is 0.784. The Morgan fingerprint density at radius 2 is 1.77 bits per heavy atom. The molecule has 0 aromatic heterocycles. The fourth-order valence-electron chi connectivity index (χ4n) is 2.22.